The number of rotatable bonds is 2. The van der Waals surface area contributed by atoms with Crippen molar-refractivity contribution in [1.82, 2.24) is 15.3 Å². The highest BCUT2D eigenvalue weighted by molar-refractivity contribution is 6.21. The van der Waals surface area contributed by atoms with Crippen LogP contribution in [-0.4, -0.2) is 33.0 Å². The maximum absolute atomic E-state index is 12.3. The first-order chi connectivity index (χ1) is 11.6. The number of imide groups is 1. The number of hydroxylamine groups is 2. The van der Waals surface area contributed by atoms with Gasteiger partial charge in [0.1, 0.15) is 0 Å². The van der Waals surface area contributed by atoms with E-state index in [0.717, 1.165) is 11.1 Å². The summed E-state index contributed by atoms with van der Waals surface area (Å²) >= 11 is 0. The number of carbonyl (C=O) groups excluding carboxylic acids is 3. The van der Waals surface area contributed by atoms with Gasteiger partial charge in [0.25, 0.3) is 11.8 Å². The van der Waals surface area contributed by atoms with E-state index in [1.807, 2.05) is 6.92 Å². The molecule has 118 valence electrons. The summed E-state index contributed by atoms with van der Waals surface area (Å²) in [4.78, 5) is 41.8. The number of nitrogens with one attached hydrogen (secondary N) is 1. The van der Waals surface area contributed by atoms with Gasteiger partial charge in [-0.2, -0.15) is 5.10 Å². The average molecular weight is 321 g/mol. The van der Waals surface area contributed by atoms with Gasteiger partial charge in [0.2, 0.25) is 0 Å². The van der Waals surface area contributed by atoms with E-state index < -0.39 is 17.8 Å². The maximum Gasteiger partial charge on any atom is 0.363 e. The van der Waals surface area contributed by atoms with E-state index >= 15 is 0 Å². The first kappa shape index (κ1) is 14.1. The number of nitrogens with zero attached hydrogens (tertiary/aromatic N) is 2. The summed E-state index contributed by atoms with van der Waals surface area (Å²) in [7, 11) is 0. The minimum Gasteiger partial charge on any atom is -0.324 e. The van der Waals surface area contributed by atoms with Gasteiger partial charge in [0, 0.05) is 11.1 Å². The van der Waals surface area contributed by atoms with Gasteiger partial charge in [0.15, 0.2) is 0 Å². The van der Waals surface area contributed by atoms with Crippen molar-refractivity contribution in [2.24, 2.45) is 0 Å². The van der Waals surface area contributed by atoms with E-state index in [9.17, 15) is 14.4 Å². The Labute approximate surface area is 135 Å². The van der Waals surface area contributed by atoms with Crippen molar-refractivity contribution in [2.75, 3.05) is 0 Å². The fourth-order valence-electron chi connectivity index (χ4n) is 2.65. The summed E-state index contributed by atoms with van der Waals surface area (Å²) in [5, 5.41) is 8.17. The molecule has 2 amide bonds. The van der Waals surface area contributed by atoms with Crippen LogP contribution in [0.25, 0.3) is 10.9 Å². The van der Waals surface area contributed by atoms with E-state index in [1.165, 1.54) is 18.2 Å². The molecule has 2 aromatic carbocycles. The molecule has 0 unspecified atom stereocenters. The molecule has 0 atom stereocenters. The van der Waals surface area contributed by atoms with Gasteiger partial charge in [-0.15, -0.1) is 0 Å². The average Bonchev–Trinajstić information content (AvgIpc) is 3.08. The number of H-pyrrole nitrogens is 1. The topological polar surface area (TPSA) is 92.4 Å². The Morgan fingerprint density at radius 2 is 1.75 bits per heavy atom. The van der Waals surface area contributed by atoms with Crippen LogP contribution in [0.3, 0.4) is 0 Å². The van der Waals surface area contributed by atoms with E-state index in [-0.39, 0.29) is 16.7 Å². The predicted molar refractivity (Wildman–Crippen MR) is 83.2 cm³/mol. The zero-order valence-electron chi connectivity index (χ0n) is 12.6. The quantitative estimate of drug-likeness (QED) is 0.731. The second kappa shape index (κ2) is 5.02. The number of aromatic nitrogens is 2. The third kappa shape index (κ3) is 1.98. The molecule has 3 aromatic rings. The highest BCUT2D eigenvalue weighted by atomic mass is 16.7. The minimum atomic E-state index is -0.785. The number of amides is 2. The van der Waals surface area contributed by atoms with Gasteiger partial charge in [-0.05, 0) is 37.3 Å². The zero-order valence-corrected chi connectivity index (χ0v) is 12.6. The van der Waals surface area contributed by atoms with Crippen molar-refractivity contribution < 1.29 is 19.2 Å². The molecule has 0 saturated heterocycles. The molecule has 24 heavy (non-hydrogen) atoms. The predicted octanol–water partition coefficient (Wildman–Crippen LogP) is 2.24. The largest absolute Gasteiger partial charge is 0.363 e. The van der Waals surface area contributed by atoms with Gasteiger partial charge in [0.05, 0.1) is 22.2 Å². The number of fused-ring (bicyclic) bond motifs is 2. The standard InChI is InChI=1S/C17H11N3O4/c1-9-13-8-10(6-7-14(13)19-18-9)17(23)24-20-15(21)11-4-2-3-5-12(11)16(20)22/h2-8H,1H3,(H,18,19). The van der Waals surface area contributed by atoms with Crippen LogP contribution in [0, 0.1) is 6.92 Å². The second-order valence-electron chi connectivity index (χ2n) is 5.41. The summed E-state index contributed by atoms with van der Waals surface area (Å²) in [6.07, 6.45) is 0. The Morgan fingerprint density at radius 3 is 2.42 bits per heavy atom. The molecule has 1 aromatic heterocycles. The van der Waals surface area contributed by atoms with Crippen LogP contribution >= 0.6 is 0 Å². The lowest BCUT2D eigenvalue weighted by Crippen LogP contribution is -2.32. The van der Waals surface area contributed by atoms with Gasteiger partial charge < -0.3 is 4.84 Å². The third-order valence-corrected chi connectivity index (χ3v) is 3.91. The van der Waals surface area contributed by atoms with Crippen LogP contribution in [0.2, 0.25) is 0 Å². The summed E-state index contributed by atoms with van der Waals surface area (Å²) in [5.41, 5.74) is 2.18. The van der Waals surface area contributed by atoms with Crippen molar-refractivity contribution in [3.63, 3.8) is 0 Å². The van der Waals surface area contributed by atoms with Crippen molar-refractivity contribution in [3.05, 3.63) is 64.8 Å². The SMILES string of the molecule is Cc1[nH]nc2ccc(C(=O)ON3C(=O)c4ccccc4C3=O)cc12. The lowest BCUT2D eigenvalue weighted by atomic mass is 10.1. The summed E-state index contributed by atoms with van der Waals surface area (Å²) in [6.45, 7) is 1.83. The van der Waals surface area contributed by atoms with Gasteiger partial charge in [-0.3, -0.25) is 14.7 Å². The molecule has 2 heterocycles. The van der Waals surface area contributed by atoms with Crippen LogP contribution in [0.4, 0.5) is 0 Å². The monoisotopic (exact) mass is 321 g/mol. The Hall–Kier alpha value is -3.48. The van der Waals surface area contributed by atoms with E-state index in [1.54, 1.807) is 24.3 Å². The molecule has 1 aliphatic rings. The van der Waals surface area contributed by atoms with Crippen LogP contribution in [0.5, 0.6) is 0 Å². The Balaban J connectivity index is 1.63. The molecule has 0 spiro atoms. The molecule has 0 aliphatic carbocycles. The Kier molecular flexibility index (Phi) is 2.96. The fraction of sp³-hybridized carbons (Fsp3) is 0.0588. The number of hydrogen-bond acceptors (Lipinski definition) is 5. The maximum atomic E-state index is 12.3. The molecular formula is C17H11N3O4. The molecule has 7 heteroatoms. The molecule has 0 radical (unpaired) electrons. The molecule has 4 rings (SSSR count). The first-order valence-corrected chi connectivity index (χ1v) is 7.21. The Morgan fingerprint density at radius 1 is 1.08 bits per heavy atom. The highest BCUT2D eigenvalue weighted by Gasteiger charge is 2.38. The Bertz CT molecular complexity index is 987. The molecule has 0 saturated carbocycles. The minimum absolute atomic E-state index is 0.219. The summed E-state index contributed by atoms with van der Waals surface area (Å²) in [5.74, 6) is -2.08. The van der Waals surface area contributed by atoms with Crippen LogP contribution in [0.1, 0.15) is 36.8 Å². The highest BCUT2D eigenvalue weighted by Crippen LogP contribution is 2.24. The van der Waals surface area contributed by atoms with Gasteiger partial charge in [-0.25, -0.2) is 4.79 Å². The number of carbonyl (C=O) groups is 3. The number of benzene rings is 2. The summed E-state index contributed by atoms with van der Waals surface area (Å²) < 4.78 is 0. The molecule has 1 aliphatic heterocycles. The zero-order chi connectivity index (χ0) is 16.8. The number of aromatic amines is 1. The third-order valence-electron chi connectivity index (χ3n) is 3.91. The molecular weight excluding hydrogens is 310 g/mol. The van der Waals surface area contributed by atoms with Crippen molar-refractivity contribution in [1.29, 1.82) is 0 Å². The molecule has 0 fully saturated rings. The van der Waals surface area contributed by atoms with Crippen molar-refractivity contribution in [2.45, 2.75) is 6.92 Å². The van der Waals surface area contributed by atoms with Crippen LogP contribution < -0.4 is 0 Å². The fourth-order valence-corrected chi connectivity index (χ4v) is 2.65. The first-order valence-electron chi connectivity index (χ1n) is 7.21. The molecule has 0 bridgehead atoms. The van der Waals surface area contributed by atoms with Gasteiger partial charge >= 0.3 is 5.97 Å². The van der Waals surface area contributed by atoms with Crippen molar-refractivity contribution >= 4 is 28.7 Å². The van der Waals surface area contributed by atoms with Crippen molar-refractivity contribution in [3.8, 4) is 0 Å². The van der Waals surface area contributed by atoms with Crippen LogP contribution in [0.15, 0.2) is 42.5 Å². The molecule has 1 N–H and O–H groups in total. The summed E-state index contributed by atoms with van der Waals surface area (Å²) in [6, 6.07) is 11.1. The second-order valence-corrected chi connectivity index (χ2v) is 5.41. The molecule has 7 nitrogen and oxygen atoms in total. The lowest BCUT2D eigenvalue weighted by molar-refractivity contribution is -0.0584. The van der Waals surface area contributed by atoms with E-state index in [0.29, 0.717) is 10.6 Å². The number of aryl methyl sites for hydroxylation is 1. The normalized spacial score (nSPS) is 13.5. The van der Waals surface area contributed by atoms with E-state index in [2.05, 4.69) is 10.2 Å². The smallest absolute Gasteiger partial charge is 0.324 e. The van der Waals surface area contributed by atoms with Gasteiger partial charge in [-0.1, -0.05) is 17.2 Å². The van der Waals surface area contributed by atoms with Crippen LogP contribution in [-0.2, 0) is 4.84 Å². The number of hydrogen-bond donors (Lipinski definition) is 1. The van der Waals surface area contributed by atoms with E-state index in [4.69, 9.17) is 4.84 Å². The lowest BCUT2D eigenvalue weighted by Gasteiger charge is -2.12.